The standard InChI is InChI=1S/C18H22N6O3/c25-13-15(22-16(26)12-14-2-6-19-7-3-14)17(27)23-8-10-24(11-9-23)18-20-4-1-5-21-18/h1-7,15,25H,8-13H2,(H,22,26). The molecule has 2 N–H and O–H groups in total. The molecular weight excluding hydrogens is 348 g/mol. The summed E-state index contributed by atoms with van der Waals surface area (Å²) in [5.74, 6) is 0.0353. The predicted molar refractivity (Wildman–Crippen MR) is 97.8 cm³/mol. The van der Waals surface area contributed by atoms with Crippen LogP contribution in [0.2, 0.25) is 0 Å². The quantitative estimate of drug-likeness (QED) is 0.687. The summed E-state index contributed by atoms with van der Waals surface area (Å²) in [7, 11) is 0. The Kier molecular flexibility index (Phi) is 6.26. The molecule has 1 aliphatic rings. The van der Waals surface area contributed by atoms with Gasteiger partial charge >= 0.3 is 0 Å². The van der Waals surface area contributed by atoms with E-state index in [4.69, 9.17) is 0 Å². The first-order valence-corrected chi connectivity index (χ1v) is 8.77. The van der Waals surface area contributed by atoms with E-state index in [0.717, 1.165) is 5.56 Å². The van der Waals surface area contributed by atoms with Gasteiger partial charge in [-0.2, -0.15) is 0 Å². The van der Waals surface area contributed by atoms with Gasteiger partial charge in [0.15, 0.2) is 0 Å². The zero-order valence-corrected chi connectivity index (χ0v) is 14.9. The van der Waals surface area contributed by atoms with Crippen molar-refractivity contribution in [2.75, 3.05) is 37.7 Å². The number of hydrogen-bond acceptors (Lipinski definition) is 7. The van der Waals surface area contributed by atoms with Crippen molar-refractivity contribution in [2.24, 2.45) is 0 Å². The summed E-state index contributed by atoms with van der Waals surface area (Å²) < 4.78 is 0. The molecule has 1 aliphatic heterocycles. The van der Waals surface area contributed by atoms with Crippen LogP contribution >= 0.6 is 0 Å². The number of aromatic nitrogens is 3. The average molecular weight is 370 g/mol. The Balaban J connectivity index is 1.52. The fourth-order valence-corrected chi connectivity index (χ4v) is 2.92. The van der Waals surface area contributed by atoms with Gasteiger partial charge in [0.05, 0.1) is 13.0 Å². The molecule has 1 saturated heterocycles. The van der Waals surface area contributed by atoms with Gasteiger partial charge in [0, 0.05) is 51.0 Å². The van der Waals surface area contributed by atoms with E-state index in [-0.39, 0.29) is 18.2 Å². The van der Waals surface area contributed by atoms with Crippen molar-refractivity contribution in [3.8, 4) is 0 Å². The van der Waals surface area contributed by atoms with E-state index in [9.17, 15) is 14.7 Å². The van der Waals surface area contributed by atoms with E-state index >= 15 is 0 Å². The van der Waals surface area contributed by atoms with Gasteiger partial charge in [0.2, 0.25) is 17.8 Å². The number of hydrogen-bond donors (Lipinski definition) is 2. The van der Waals surface area contributed by atoms with Crippen molar-refractivity contribution in [3.63, 3.8) is 0 Å². The van der Waals surface area contributed by atoms with Crippen molar-refractivity contribution in [2.45, 2.75) is 12.5 Å². The molecule has 9 nitrogen and oxygen atoms in total. The molecule has 3 rings (SSSR count). The first-order valence-electron chi connectivity index (χ1n) is 8.77. The number of aliphatic hydroxyl groups is 1. The maximum absolute atomic E-state index is 12.7. The van der Waals surface area contributed by atoms with Crippen LogP contribution in [0.15, 0.2) is 43.0 Å². The van der Waals surface area contributed by atoms with Crippen LogP contribution in [0.25, 0.3) is 0 Å². The normalized spacial score (nSPS) is 15.3. The largest absolute Gasteiger partial charge is 0.394 e. The van der Waals surface area contributed by atoms with Crippen LogP contribution in [0.5, 0.6) is 0 Å². The summed E-state index contributed by atoms with van der Waals surface area (Å²) >= 11 is 0. The SMILES string of the molecule is O=C(Cc1ccncc1)NC(CO)C(=O)N1CCN(c2ncccn2)CC1. The molecule has 1 atom stereocenters. The van der Waals surface area contributed by atoms with E-state index < -0.39 is 12.6 Å². The molecule has 3 heterocycles. The molecule has 1 fully saturated rings. The molecule has 0 spiro atoms. The molecule has 0 radical (unpaired) electrons. The van der Waals surface area contributed by atoms with Crippen LogP contribution < -0.4 is 10.2 Å². The summed E-state index contributed by atoms with van der Waals surface area (Å²) in [4.78, 5) is 40.8. The minimum Gasteiger partial charge on any atom is -0.394 e. The maximum Gasteiger partial charge on any atom is 0.247 e. The van der Waals surface area contributed by atoms with E-state index in [0.29, 0.717) is 32.1 Å². The van der Waals surface area contributed by atoms with E-state index in [1.165, 1.54) is 0 Å². The Labute approximate surface area is 157 Å². The highest BCUT2D eigenvalue weighted by Gasteiger charge is 2.28. The van der Waals surface area contributed by atoms with Crippen LogP contribution in [0.3, 0.4) is 0 Å². The van der Waals surface area contributed by atoms with Crippen LogP contribution in [0, 0.1) is 0 Å². The van der Waals surface area contributed by atoms with E-state index in [1.54, 1.807) is 47.9 Å². The van der Waals surface area contributed by atoms with Gasteiger partial charge in [0.25, 0.3) is 0 Å². The van der Waals surface area contributed by atoms with Crippen LogP contribution in [-0.4, -0.2) is 75.6 Å². The molecule has 27 heavy (non-hydrogen) atoms. The molecule has 2 aromatic rings. The number of nitrogens with zero attached hydrogens (tertiary/aromatic N) is 5. The van der Waals surface area contributed by atoms with Gasteiger partial charge in [-0.3, -0.25) is 14.6 Å². The topological polar surface area (TPSA) is 112 Å². The molecule has 0 aromatic carbocycles. The second-order valence-corrected chi connectivity index (χ2v) is 6.20. The third kappa shape index (κ3) is 4.98. The lowest BCUT2D eigenvalue weighted by Gasteiger charge is -2.36. The first kappa shape index (κ1) is 18.7. The molecule has 142 valence electrons. The van der Waals surface area contributed by atoms with Gasteiger partial charge in [0.1, 0.15) is 6.04 Å². The molecule has 1 unspecified atom stereocenters. The minimum atomic E-state index is -0.945. The number of carbonyl (C=O) groups is 2. The van der Waals surface area contributed by atoms with Crippen molar-refractivity contribution in [1.29, 1.82) is 0 Å². The predicted octanol–water partition coefficient (Wildman–Crippen LogP) is -0.760. The molecule has 0 bridgehead atoms. The van der Waals surface area contributed by atoms with Gasteiger partial charge in [-0.1, -0.05) is 0 Å². The van der Waals surface area contributed by atoms with Crippen LogP contribution in [-0.2, 0) is 16.0 Å². The fourth-order valence-electron chi connectivity index (χ4n) is 2.92. The van der Waals surface area contributed by atoms with Gasteiger partial charge in [-0.25, -0.2) is 9.97 Å². The second-order valence-electron chi connectivity index (χ2n) is 6.20. The number of aliphatic hydroxyl groups excluding tert-OH is 1. The van der Waals surface area contributed by atoms with E-state index in [2.05, 4.69) is 20.3 Å². The highest BCUT2D eigenvalue weighted by Crippen LogP contribution is 2.10. The van der Waals surface area contributed by atoms with Gasteiger partial charge < -0.3 is 20.2 Å². The first-order chi connectivity index (χ1) is 13.2. The summed E-state index contributed by atoms with van der Waals surface area (Å²) in [6.07, 6.45) is 6.70. The average Bonchev–Trinajstić information content (AvgIpc) is 2.73. The van der Waals surface area contributed by atoms with Crippen molar-refractivity contribution in [1.82, 2.24) is 25.2 Å². The molecule has 2 aromatic heterocycles. The Bertz CT molecular complexity index is 750. The van der Waals surface area contributed by atoms with E-state index in [1.807, 2.05) is 4.90 Å². The van der Waals surface area contributed by atoms with Crippen molar-refractivity contribution < 1.29 is 14.7 Å². The van der Waals surface area contributed by atoms with Gasteiger partial charge in [-0.05, 0) is 23.8 Å². The van der Waals surface area contributed by atoms with Crippen LogP contribution in [0.1, 0.15) is 5.56 Å². The lowest BCUT2D eigenvalue weighted by molar-refractivity contribution is -0.137. The Morgan fingerprint density at radius 2 is 1.74 bits per heavy atom. The zero-order chi connectivity index (χ0) is 19.1. The number of carbonyl (C=O) groups excluding carboxylic acids is 2. The third-order valence-corrected chi connectivity index (χ3v) is 4.36. The maximum atomic E-state index is 12.7. The van der Waals surface area contributed by atoms with Crippen LogP contribution in [0.4, 0.5) is 5.95 Å². The second kappa shape index (κ2) is 9.04. The highest BCUT2D eigenvalue weighted by atomic mass is 16.3. The molecular formula is C18H22N6O3. The highest BCUT2D eigenvalue weighted by molar-refractivity contribution is 5.88. The monoisotopic (exact) mass is 370 g/mol. The molecule has 9 heteroatoms. The Morgan fingerprint density at radius 3 is 2.37 bits per heavy atom. The third-order valence-electron chi connectivity index (χ3n) is 4.36. The summed E-state index contributed by atoms with van der Waals surface area (Å²) in [5, 5.41) is 12.2. The summed E-state index contributed by atoms with van der Waals surface area (Å²) in [5.41, 5.74) is 0.795. The summed E-state index contributed by atoms with van der Waals surface area (Å²) in [6, 6.07) is 4.28. The van der Waals surface area contributed by atoms with Crippen molar-refractivity contribution >= 4 is 17.8 Å². The minimum absolute atomic E-state index is 0.130. The number of piperazine rings is 1. The van der Waals surface area contributed by atoms with Gasteiger partial charge in [-0.15, -0.1) is 0 Å². The number of rotatable bonds is 6. The molecule has 0 aliphatic carbocycles. The Morgan fingerprint density at radius 1 is 1.07 bits per heavy atom. The smallest absolute Gasteiger partial charge is 0.247 e. The fraction of sp³-hybridized carbons (Fsp3) is 0.389. The number of anilines is 1. The zero-order valence-electron chi connectivity index (χ0n) is 14.9. The van der Waals surface area contributed by atoms with Crippen molar-refractivity contribution in [3.05, 3.63) is 48.5 Å². The lowest BCUT2D eigenvalue weighted by Crippen LogP contribution is -2.56. The molecule has 2 amide bonds. The number of pyridine rings is 1. The summed E-state index contributed by atoms with van der Waals surface area (Å²) in [6.45, 7) is 1.71. The number of amides is 2. The number of nitrogens with one attached hydrogen (secondary N) is 1. The Hall–Kier alpha value is -3.07. The lowest BCUT2D eigenvalue weighted by atomic mass is 10.1. The molecule has 0 saturated carbocycles.